The summed E-state index contributed by atoms with van der Waals surface area (Å²) < 4.78 is 16.6. The third-order valence-electron chi connectivity index (χ3n) is 3.70. The molecule has 0 radical (unpaired) electrons. The Balaban J connectivity index is 2.27. The van der Waals surface area contributed by atoms with E-state index in [1.165, 1.54) is 0 Å². The number of para-hydroxylation sites is 1. The van der Waals surface area contributed by atoms with E-state index in [1.807, 2.05) is 31.2 Å². The molecule has 0 aromatic heterocycles. The highest BCUT2D eigenvalue weighted by molar-refractivity contribution is 6.04. The summed E-state index contributed by atoms with van der Waals surface area (Å²) in [6.07, 6.45) is 2.08. The first-order valence-electron chi connectivity index (χ1n) is 7.13. The number of ketones is 1. The van der Waals surface area contributed by atoms with Gasteiger partial charge in [-0.15, -0.1) is 0 Å². The Morgan fingerprint density at radius 2 is 2.00 bits per heavy atom. The summed E-state index contributed by atoms with van der Waals surface area (Å²) in [7, 11) is 1.60. The van der Waals surface area contributed by atoms with Crippen LogP contribution < -0.4 is 4.74 Å². The molecule has 1 aromatic rings. The van der Waals surface area contributed by atoms with Crippen molar-refractivity contribution in [3.05, 3.63) is 29.8 Å². The van der Waals surface area contributed by atoms with Gasteiger partial charge in [-0.2, -0.15) is 0 Å². The minimum Gasteiger partial charge on any atom is -0.493 e. The van der Waals surface area contributed by atoms with Gasteiger partial charge in [-0.05, 0) is 18.6 Å². The maximum Gasteiger partial charge on any atom is 0.198 e. The summed E-state index contributed by atoms with van der Waals surface area (Å²) >= 11 is 0. The van der Waals surface area contributed by atoms with Crippen molar-refractivity contribution >= 4 is 5.78 Å². The number of Topliss-reactive ketones (excluding diaryl/α,β-unsaturated/α-hetero) is 1. The van der Waals surface area contributed by atoms with Gasteiger partial charge >= 0.3 is 0 Å². The highest BCUT2D eigenvalue weighted by atomic mass is 16.5. The summed E-state index contributed by atoms with van der Waals surface area (Å²) in [5.41, 5.74) is -0.172. The summed E-state index contributed by atoms with van der Waals surface area (Å²) in [5.74, 6) is 0.636. The summed E-state index contributed by atoms with van der Waals surface area (Å²) in [5, 5.41) is 0. The van der Waals surface area contributed by atoms with Crippen LogP contribution >= 0.6 is 0 Å². The van der Waals surface area contributed by atoms with Crippen LogP contribution in [0.3, 0.4) is 0 Å². The molecular formula is C16H22O4. The molecule has 0 amide bonds. The van der Waals surface area contributed by atoms with Crippen molar-refractivity contribution in [3.63, 3.8) is 0 Å². The minimum atomic E-state index is -0.774. The van der Waals surface area contributed by atoms with Crippen molar-refractivity contribution in [2.24, 2.45) is 0 Å². The van der Waals surface area contributed by atoms with Gasteiger partial charge in [-0.1, -0.05) is 19.1 Å². The van der Waals surface area contributed by atoms with Crippen molar-refractivity contribution < 1.29 is 19.0 Å². The standard InChI is InChI=1S/C16H22O4/c1-3-10-20-14-7-5-4-6-13(14)15(17)16(18-2)8-11-19-12-9-16/h4-7H,3,8-12H2,1-2H3. The predicted octanol–water partition coefficient (Wildman–Crippen LogP) is 2.85. The second-order valence-electron chi connectivity index (χ2n) is 4.98. The van der Waals surface area contributed by atoms with E-state index in [0.717, 1.165) is 6.42 Å². The Hall–Kier alpha value is -1.39. The molecule has 1 saturated heterocycles. The molecule has 0 N–H and O–H groups in total. The lowest BCUT2D eigenvalue weighted by Gasteiger charge is -2.34. The number of hydrogen-bond acceptors (Lipinski definition) is 4. The highest BCUT2D eigenvalue weighted by Gasteiger charge is 2.41. The lowest BCUT2D eigenvalue weighted by molar-refractivity contribution is -0.0664. The Labute approximate surface area is 120 Å². The first-order valence-corrected chi connectivity index (χ1v) is 7.13. The van der Waals surface area contributed by atoms with Crippen molar-refractivity contribution in [1.82, 2.24) is 0 Å². The van der Waals surface area contributed by atoms with Gasteiger partial charge in [-0.25, -0.2) is 0 Å². The molecule has 0 unspecified atom stereocenters. The number of rotatable bonds is 6. The van der Waals surface area contributed by atoms with Gasteiger partial charge in [-0.3, -0.25) is 4.79 Å². The second-order valence-corrected chi connectivity index (χ2v) is 4.98. The van der Waals surface area contributed by atoms with E-state index in [2.05, 4.69) is 0 Å². The van der Waals surface area contributed by atoms with Crippen LogP contribution in [-0.4, -0.2) is 38.3 Å². The summed E-state index contributed by atoms with van der Waals surface area (Å²) in [4.78, 5) is 12.9. The average molecular weight is 278 g/mol. The van der Waals surface area contributed by atoms with E-state index in [9.17, 15) is 4.79 Å². The SMILES string of the molecule is CCCOc1ccccc1C(=O)C1(OC)CCOCC1. The summed E-state index contributed by atoms with van der Waals surface area (Å²) in [6, 6.07) is 7.38. The summed E-state index contributed by atoms with van der Waals surface area (Å²) in [6.45, 7) is 3.75. The highest BCUT2D eigenvalue weighted by Crippen LogP contribution is 2.32. The van der Waals surface area contributed by atoms with Crippen LogP contribution in [-0.2, 0) is 9.47 Å². The van der Waals surface area contributed by atoms with E-state index in [4.69, 9.17) is 14.2 Å². The van der Waals surface area contributed by atoms with Gasteiger partial charge in [0, 0.05) is 33.2 Å². The van der Waals surface area contributed by atoms with Crippen LogP contribution in [0.25, 0.3) is 0 Å². The van der Waals surface area contributed by atoms with E-state index >= 15 is 0 Å². The third kappa shape index (κ3) is 3.02. The fourth-order valence-corrected chi connectivity index (χ4v) is 2.46. The van der Waals surface area contributed by atoms with Crippen LogP contribution in [0.15, 0.2) is 24.3 Å². The number of carbonyl (C=O) groups excluding carboxylic acids is 1. The van der Waals surface area contributed by atoms with Crippen LogP contribution in [0.1, 0.15) is 36.5 Å². The molecule has 0 atom stereocenters. The van der Waals surface area contributed by atoms with Gasteiger partial charge in [0.15, 0.2) is 5.78 Å². The Morgan fingerprint density at radius 1 is 1.30 bits per heavy atom. The topological polar surface area (TPSA) is 44.8 Å². The zero-order valence-corrected chi connectivity index (χ0v) is 12.2. The normalized spacial score (nSPS) is 17.7. The second kappa shape index (κ2) is 6.86. The Bertz CT molecular complexity index is 450. The fourth-order valence-electron chi connectivity index (χ4n) is 2.46. The van der Waals surface area contributed by atoms with Gasteiger partial charge in [0.1, 0.15) is 11.4 Å². The number of methoxy groups -OCH3 is 1. The molecule has 4 heteroatoms. The lowest BCUT2D eigenvalue weighted by atomic mass is 9.85. The van der Waals surface area contributed by atoms with E-state index < -0.39 is 5.60 Å². The van der Waals surface area contributed by atoms with E-state index in [1.54, 1.807) is 7.11 Å². The number of hydrogen-bond donors (Lipinski definition) is 0. The molecule has 1 aliphatic heterocycles. The monoisotopic (exact) mass is 278 g/mol. The number of benzene rings is 1. The smallest absolute Gasteiger partial charge is 0.198 e. The molecule has 0 spiro atoms. The van der Waals surface area contributed by atoms with Gasteiger partial charge in [0.25, 0.3) is 0 Å². The first kappa shape index (κ1) is 15.0. The van der Waals surface area contributed by atoms with Gasteiger partial charge in [0.05, 0.1) is 12.2 Å². The lowest BCUT2D eigenvalue weighted by Crippen LogP contribution is -2.45. The first-order chi connectivity index (χ1) is 9.73. The largest absolute Gasteiger partial charge is 0.493 e. The third-order valence-corrected chi connectivity index (χ3v) is 3.70. The Morgan fingerprint density at radius 3 is 2.65 bits per heavy atom. The zero-order chi connectivity index (χ0) is 14.4. The van der Waals surface area contributed by atoms with Gasteiger partial charge < -0.3 is 14.2 Å². The molecule has 110 valence electrons. The minimum absolute atomic E-state index is 0.00463. The van der Waals surface area contributed by atoms with E-state index in [0.29, 0.717) is 44.0 Å². The van der Waals surface area contributed by atoms with Crippen LogP contribution in [0.4, 0.5) is 0 Å². The number of carbonyl (C=O) groups is 1. The van der Waals surface area contributed by atoms with Crippen molar-refractivity contribution in [3.8, 4) is 5.75 Å². The molecule has 20 heavy (non-hydrogen) atoms. The molecule has 1 heterocycles. The Kier molecular flexibility index (Phi) is 5.15. The van der Waals surface area contributed by atoms with Crippen molar-refractivity contribution in [2.45, 2.75) is 31.8 Å². The van der Waals surface area contributed by atoms with Crippen LogP contribution in [0.2, 0.25) is 0 Å². The molecule has 0 aliphatic carbocycles. The molecule has 4 nitrogen and oxygen atoms in total. The predicted molar refractivity (Wildman–Crippen MR) is 76.4 cm³/mol. The van der Waals surface area contributed by atoms with Crippen molar-refractivity contribution in [1.29, 1.82) is 0 Å². The average Bonchev–Trinajstić information content (AvgIpc) is 2.53. The molecule has 1 aromatic carbocycles. The zero-order valence-electron chi connectivity index (χ0n) is 12.2. The molecule has 1 aliphatic rings. The van der Waals surface area contributed by atoms with Crippen molar-refractivity contribution in [2.75, 3.05) is 26.9 Å². The molecule has 0 saturated carbocycles. The molecule has 0 bridgehead atoms. The quantitative estimate of drug-likeness (QED) is 0.751. The number of ether oxygens (including phenoxy) is 3. The maximum atomic E-state index is 12.9. The van der Waals surface area contributed by atoms with Gasteiger partial charge in [0.2, 0.25) is 0 Å². The molecular weight excluding hydrogens is 256 g/mol. The molecule has 2 rings (SSSR count). The maximum absolute atomic E-state index is 12.9. The van der Waals surface area contributed by atoms with E-state index in [-0.39, 0.29) is 5.78 Å². The van der Waals surface area contributed by atoms with Crippen LogP contribution in [0, 0.1) is 0 Å². The molecule has 1 fully saturated rings. The fraction of sp³-hybridized carbons (Fsp3) is 0.562. The van der Waals surface area contributed by atoms with Crippen LogP contribution in [0.5, 0.6) is 5.75 Å².